The minimum Gasteiger partial charge on any atom is -0.271 e. The van der Waals surface area contributed by atoms with Crippen molar-refractivity contribution in [3.8, 4) is 0 Å². The van der Waals surface area contributed by atoms with Gasteiger partial charge in [-0.05, 0) is 23.1 Å². The molecule has 0 bridgehead atoms. The summed E-state index contributed by atoms with van der Waals surface area (Å²) in [6, 6.07) is 5.80. The van der Waals surface area contributed by atoms with Crippen LogP contribution in [0.4, 0.5) is 0 Å². The van der Waals surface area contributed by atoms with Gasteiger partial charge in [-0.15, -0.1) is 11.3 Å². The minimum absolute atomic E-state index is 0.0690. The van der Waals surface area contributed by atoms with Gasteiger partial charge >= 0.3 is 0 Å². The van der Waals surface area contributed by atoms with Gasteiger partial charge in [0.15, 0.2) is 0 Å². The standard InChI is InChI=1S/C10H10ClN3S/c11-8-6-13-4-3-7(8)10(14-12)9-2-1-5-15-9/h1-6,10,14H,12H2. The van der Waals surface area contributed by atoms with Gasteiger partial charge in [0.25, 0.3) is 0 Å². The molecule has 0 aliphatic heterocycles. The molecule has 78 valence electrons. The van der Waals surface area contributed by atoms with Crippen LogP contribution >= 0.6 is 22.9 Å². The van der Waals surface area contributed by atoms with Crippen molar-refractivity contribution < 1.29 is 0 Å². The number of pyridine rings is 1. The molecule has 0 amide bonds. The lowest BCUT2D eigenvalue weighted by atomic mass is 10.1. The van der Waals surface area contributed by atoms with E-state index in [1.54, 1.807) is 23.7 Å². The number of hydrogen-bond donors (Lipinski definition) is 2. The second-order valence-corrected chi connectivity index (χ2v) is 4.40. The van der Waals surface area contributed by atoms with E-state index in [-0.39, 0.29) is 6.04 Å². The van der Waals surface area contributed by atoms with Crippen molar-refractivity contribution in [1.29, 1.82) is 0 Å². The molecule has 15 heavy (non-hydrogen) atoms. The fourth-order valence-electron chi connectivity index (χ4n) is 1.40. The first kappa shape index (κ1) is 10.6. The molecular weight excluding hydrogens is 230 g/mol. The smallest absolute Gasteiger partial charge is 0.0817 e. The summed E-state index contributed by atoms with van der Waals surface area (Å²) >= 11 is 7.70. The van der Waals surface area contributed by atoms with E-state index in [0.717, 1.165) is 10.4 Å². The minimum atomic E-state index is -0.0690. The summed E-state index contributed by atoms with van der Waals surface area (Å²) in [4.78, 5) is 5.08. The SMILES string of the molecule is NNC(c1cccs1)c1ccncc1Cl. The molecule has 0 radical (unpaired) electrons. The van der Waals surface area contributed by atoms with Gasteiger partial charge in [-0.25, -0.2) is 5.43 Å². The van der Waals surface area contributed by atoms with Crippen molar-refractivity contribution in [3.63, 3.8) is 0 Å². The Morgan fingerprint density at radius 3 is 2.93 bits per heavy atom. The van der Waals surface area contributed by atoms with Crippen LogP contribution in [0.3, 0.4) is 0 Å². The van der Waals surface area contributed by atoms with Crippen LogP contribution in [0, 0.1) is 0 Å². The van der Waals surface area contributed by atoms with Crippen LogP contribution in [0.1, 0.15) is 16.5 Å². The van der Waals surface area contributed by atoms with Crippen LogP contribution < -0.4 is 11.3 Å². The van der Waals surface area contributed by atoms with Crippen LogP contribution in [0.2, 0.25) is 5.02 Å². The van der Waals surface area contributed by atoms with E-state index in [2.05, 4.69) is 10.4 Å². The zero-order chi connectivity index (χ0) is 10.7. The van der Waals surface area contributed by atoms with E-state index in [4.69, 9.17) is 17.4 Å². The number of nitrogens with two attached hydrogens (primary N) is 1. The van der Waals surface area contributed by atoms with E-state index in [1.807, 2.05) is 23.6 Å². The summed E-state index contributed by atoms with van der Waals surface area (Å²) < 4.78 is 0. The maximum atomic E-state index is 6.06. The summed E-state index contributed by atoms with van der Waals surface area (Å²) in [5.41, 5.74) is 3.70. The quantitative estimate of drug-likeness (QED) is 0.639. The molecule has 0 saturated carbocycles. The highest BCUT2D eigenvalue weighted by Gasteiger charge is 2.15. The Morgan fingerprint density at radius 2 is 2.33 bits per heavy atom. The third-order valence-electron chi connectivity index (χ3n) is 2.11. The zero-order valence-electron chi connectivity index (χ0n) is 7.85. The molecule has 3 N–H and O–H groups in total. The van der Waals surface area contributed by atoms with Crippen molar-refractivity contribution in [2.75, 3.05) is 0 Å². The molecule has 0 aliphatic carbocycles. The highest BCUT2D eigenvalue weighted by atomic mass is 35.5. The van der Waals surface area contributed by atoms with Crippen molar-refractivity contribution in [2.24, 2.45) is 5.84 Å². The van der Waals surface area contributed by atoms with Crippen LogP contribution in [-0.2, 0) is 0 Å². The van der Waals surface area contributed by atoms with E-state index in [0.29, 0.717) is 5.02 Å². The van der Waals surface area contributed by atoms with Crippen molar-refractivity contribution >= 4 is 22.9 Å². The molecule has 5 heteroatoms. The van der Waals surface area contributed by atoms with Gasteiger partial charge in [0.1, 0.15) is 0 Å². The molecule has 0 spiro atoms. The van der Waals surface area contributed by atoms with Crippen molar-refractivity contribution in [1.82, 2.24) is 10.4 Å². The Hall–Kier alpha value is -0.940. The number of thiophene rings is 1. The van der Waals surface area contributed by atoms with E-state index < -0.39 is 0 Å². The van der Waals surface area contributed by atoms with E-state index in [1.165, 1.54) is 0 Å². The van der Waals surface area contributed by atoms with Gasteiger partial charge in [0.05, 0.1) is 11.1 Å². The number of nitrogens with one attached hydrogen (secondary N) is 1. The van der Waals surface area contributed by atoms with E-state index >= 15 is 0 Å². The maximum absolute atomic E-state index is 6.06. The summed E-state index contributed by atoms with van der Waals surface area (Å²) in [6.07, 6.45) is 3.33. The highest BCUT2D eigenvalue weighted by Crippen LogP contribution is 2.29. The molecule has 2 heterocycles. The molecular formula is C10H10ClN3S. The van der Waals surface area contributed by atoms with Crippen LogP contribution in [0.15, 0.2) is 36.0 Å². The predicted molar refractivity (Wildman–Crippen MR) is 62.7 cm³/mol. The molecule has 2 rings (SSSR count). The Kier molecular flexibility index (Phi) is 3.33. The molecule has 0 aliphatic rings. The largest absolute Gasteiger partial charge is 0.271 e. The molecule has 0 aromatic carbocycles. The lowest BCUT2D eigenvalue weighted by Gasteiger charge is -2.15. The average Bonchev–Trinajstić information content (AvgIpc) is 2.75. The topological polar surface area (TPSA) is 50.9 Å². The number of hydrogen-bond acceptors (Lipinski definition) is 4. The highest BCUT2D eigenvalue weighted by molar-refractivity contribution is 7.10. The molecule has 1 unspecified atom stereocenters. The number of halogens is 1. The molecule has 3 nitrogen and oxygen atoms in total. The predicted octanol–water partition coefficient (Wildman–Crippen LogP) is 2.35. The van der Waals surface area contributed by atoms with Crippen LogP contribution in [-0.4, -0.2) is 4.98 Å². The summed E-state index contributed by atoms with van der Waals surface area (Å²) in [5.74, 6) is 5.54. The molecule has 2 aromatic heterocycles. The first-order valence-corrected chi connectivity index (χ1v) is 5.67. The monoisotopic (exact) mass is 239 g/mol. The Morgan fingerprint density at radius 1 is 1.47 bits per heavy atom. The van der Waals surface area contributed by atoms with Crippen molar-refractivity contribution in [2.45, 2.75) is 6.04 Å². The normalized spacial score (nSPS) is 12.7. The summed E-state index contributed by atoms with van der Waals surface area (Å²) in [6.45, 7) is 0. The van der Waals surface area contributed by atoms with Gasteiger partial charge in [-0.3, -0.25) is 10.8 Å². The first-order valence-electron chi connectivity index (χ1n) is 4.42. The lowest BCUT2D eigenvalue weighted by molar-refractivity contribution is 0.646. The second-order valence-electron chi connectivity index (χ2n) is 3.01. The van der Waals surface area contributed by atoms with Gasteiger partial charge in [0, 0.05) is 17.3 Å². The number of aromatic nitrogens is 1. The van der Waals surface area contributed by atoms with Crippen LogP contribution in [0.5, 0.6) is 0 Å². The first-order chi connectivity index (χ1) is 7.33. The van der Waals surface area contributed by atoms with E-state index in [9.17, 15) is 0 Å². The third kappa shape index (κ3) is 2.18. The van der Waals surface area contributed by atoms with Crippen molar-refractivity contribution in [3.05, 3.63) is 51.4 Å². The Bertz CT molecular complexity index is 430. The molecule has 0 saturated heterocycles. The van der Waals surface area contributed by atoms with Gasteiger partial charge < -0.3 is 0 Å². The van der Waals surface area contributed by atoms with Gasteiger partial charge in [0.2, 0.25) is 0 Å². The average molecular weight is 240 g/mol. The van der Waals surface area contributed by atoms with Gasteiger partial charge in [-0.2, -0.15) is 0 Å². The second kappa shape index (κ2) is 4.72. The Balaban J connectivity index is 2.40. The third-order valence-corrected chi connectivity index (χ3v) is 3.36. The fraction of sp³-hybridized carbons (Fsp3) is 0.100. The molecule has 2 aromatic rings. The molecule has 0 fully saturated rings. The lowest BCUT2D eigenvalue weighted by Crippen LogP contribution is -2.28. The zero-order valence-corrected chi connectivity index (χ0v) is 9.42. The number of rotatable bonds is 3. The fourth-order valence-corrected chi connectivity index (χ4v) is 2.43. The number of hydrazine groups is 1. The molecule has 1 atom stereocenters. The Labute approximate surface area is 96.9 Å². The van der Waals surface area contributed by atoms with Gasteiger partial charge in [-0.1, -0.05) is 17.7 Å². The summed E-state index contributed by atoms with van der Waals surface area (Å²) in [7, 11) is 0. The van der Waals surface area contributed by atoms with Crippen LogP contribution in [0.25, 0.3) is 0 Å². The number of nitrogens with zero attached hydrogens (tertiary/aromatic N) is 1. The maximum Gasteiger partial charge on any atom is 0.0817 e. The summed E-state index contributed by atoms with van der Waals surface area (Å²) in [5, 5.41) is 2.63.